The van der Waals surface area contributed by atoms with Crippen LogP contribution in [-0.2, 0) is 49.7 Å². The average molecular weight is 811 g/mol. The molecule has 2 aliphatic rings. The molecule has 5 aromatic carbocycles. The van der Waals surface area contributed by atoms with Gasteiger partial charge in [-0.25, -0.2) is 4.79 Å². The molecule has 12 heteroatoms. The van der Waals surface area contributed by atoms with E-state index in [2.05, 4.69) is 21.3 Å². The summed E-state index contributed by atoms with van der Waals surface area (Å²) < 4.78 is 11.7. The average Bonchev–Trinajstić information content (AvgIpc) is 3.23. The SMILES string of the molecule is CC(C)(C)Oc1ccc(C[C@@H]2NC(=O)COc3ccc(cc3)C[C@@H](C(=O)O)NC(=O)[C@H](Cc3ccccc3)NC(=O)[C@H](Cc3ccc(-c4ccccc4)cc3)NC2=O)cc1. The van der Waals surface area contributed by atoms with E-state index >= 15 is 0 Å². The minimum atomic E-state index is -1.33. The Hall–Kier alpha value is -6.95. The van der Waals surface area contributed by atoms with Crippen molar-refractivity contribution in [3.05, 3.63) is 156 Å². The number of hydrogen-bond acceptors (Lipinski definition) is 7. The first kappa shape index (κ1) is 42.7. The second kappa shape index (κ2) is 19.7. The topological polar surface area (TPSA) is 172 Å². The third kappa shape index (κ3) is 12.5. The molecule has 12 nitrogen and oxygen atoms in total. The van der Waals surface area contributed by atoms with E-state index in [4.69, 9.17) is 9.47 Å². The quantitative estimate of drug-likeness (QED) is 0.126. The van der Waals surface area contributed by atoms with Crippen molar-refractivity contribution in [1.29, 1.82) is 0 Å². The minimum absolute atomic E-state index is 0.0284. The number of amides is 4. The summed E-state index contributed by atoms with van der Waals surface area (Å²) in [6.07, 6.45) is 0.0752. The van der Waals surface area contributed by atoms with Crippen molar-refractivity contribution in [3.8, 4) is 22.6 Å². The van der Waals surface area contributed by atoms with Gasteiger partial charge in [0.05, 0.1) is 0 Å². The fourth-order valence-corrected chi connectivity index (χ4v) is 6.82. The lowest BCUT2D eigenvalue weighted by molar-refractivity contribution is -0.142. The molecule has 0 spiro atoms. The van der Waals surface area contributed by atoms with Gasteiger partial charge in [-0.3, -0.25) is 19.2 Å². The van der Waals surface area contributed by atoms with Crippen LogP contribution in [0.4, 0.5) is 0 Å². The molecule has 4 amide bonds. The molecule has 0 saturated carbocycles. The highest BCUT2D eigenvalue weighted by Gasteiger charge is 2.32. The van der Waals surface area contributed by atoms with E-state index in [1.165, 1.54) is 0 Å². The maximum Gasteiger partial charge on any atom is 0.326 e. The predicted octanol–water partition coefficient (Wildman–Crippen LogP) is 5.22. The van der Waals surface area contributed by atoms with Crippen molar-refractivity contribution in [3.63, 3.8) is 0 Å². The molecule has 0 unspecified atom stereocenters. The van der Waals surface area contributed by atoms with Crippen LogP contribution < -0.4 is 30.7 Å². The van der Waals surface area contributed by atoms with Gasteiger partial charge in [-0.2, -0.15) is 0 Å². The Morgan fingerprint density at radius 1 is 0.600 bits per heavy atom. The van der Waals surface area contributed by atoms with Gasteiger partial charge < -0.3 is 35.8 Å². The predicted molar refractivity (Wildman–Crippen MR) is 227 cm³/mol. The monoisotopic (exact) mass is 810 g/mol. The zero-order chi connectivity index (χ0) is 42.6. The van der Waals surface area contributed by atoms with E-state index < -0.39 is 66.0 Å². The number of carboxylic acids is 1. The molecule has 5 aromatic rings. The first-order chi connectivity index (χ1) is 28.8. The molecule has 5 N–H and O–H groups in total. The molecular weight excluding hydrogens is 761 g/mol. The summed E-state index contributed by atoms with van der Waals surface area (Å²) in [5.74, 6) is -2.89. The number of hydrogen-bond donors (Lipinski definition) is 5. The van der Waals surface area contributed by atoms with Crippen LogP contribution in [0.2, 0.25) is 0 Å². The first-order valence-electron chi connectivity index (χ1n) is 19.9. The van der Waals surface area contributed by atoms with Gasteiger partial charge >= 0.3 is 5.97 Å². The molecule has 0 aromatic heterocycles. The zero-order valence-corrected chi connectivity index (χ0v) is 33.9. The summed E-state index contributed by atoms with van der Waals surface area (Å²) in [5, 5.41) is 21.3. The van der Waals surface area contributed by atoms with Crippen molar-refractivity contribution in [1.82, 2.24) is 21.3 Å². The van der Waals surface area contributed by atoms with Gasteiger partial charge in [0.15, 0.2) is 6.61 Å². The van der Waals surface area contributed by atoms with E-state index in [9.17, 15) is 29.1 Å². The van der Waals surface area contributed by atoms with E-state index in [0.29, 0.717) is 17.1 Å². The molecule has 2 bridgehead atoms. The molecule has 0 fully saturated rings. The number of ether oxygens (including phenoxy) is 2. The van der Waals surface area contributed by atoms with Crippen LogP contribution in [0.25, 0.3) is 11.1 Å². The van der Waals surface area contributed by atoms with Crippen LogP contribution in [0.5, 0.6) is 11.5 Å². The van der Waals surface area contributed by atoms with Gasteiger partial charge in [-0.05, 0) is 78.4 Å². The summed E-state index contributed by atoms with van der Waals surface area (Å²) in [5.41, 5.74) is 4.29. The Balaban J connectivity index is 1.34. The van der Waals surface area contributed by atoms with Crippen molar-refractivity contribution in [2.75, 3.05) is 6.61 Å². The van der Waals surface area contributed by atoms with Crippen molar-refractivity contribution < 1.29 is 38.6 Å². The van der Waals surface area contributed by atoms with Crippen molar-refractivity contribution in [2.24, 2.45) is 0 Å². The number of carboxylic acid groups (broad SMARTS) is 1. The molecule has 4 atom stereocenters. The highest BCUT2D eigenvalue weighted by molar-refractivity contribution is 5.95. The standard InChI is InChI=1S/C48H50N4O8/c1-48(2,3)60-38-24-18-33(19-25-38)27-39-44(54)50-41(28-32-14-20-36(21-15-32)35-12-8-5-9-13-35)45(55)51-40(26-31-10-6-4-7-11-31)46(56)52-42(47(57)58)29-34-16-22-37(23-17-34)59-30-43(53)49-39/h4-25,39-42H,26-30H2,1-3H3,(H,49,53)(H,50,54)(H,51,55)(H,52,56)(H,57,58)/t39-,40-,41-,42-/m0/s1. The molecule has 2 heterocycles. The summed E-state index contributed by atoms with van der Waals surface area (Å²) >= 11 is 0. The highest BCUT2D eigenvalue weighted by Crippen LogP contribution is 2.22. The van der Waals surface area contributed by atoms with Crippen LogP contribution in [-0.4, -0.2) is 71.1 Å². The Morgan fingerprint density at radius 2 is 1.07 bits per heavy atom. The summed E-state index contributed by atoms with van der Waals surface area (Å²) in [7, 11) is 0. The van der Waals surface area contributed by atoms with Crippen LogP contribution in [0.1, 0.15) is 43.0 Å². The Kier molecular flexibility index (Phi) is 14.0. The third-order valence-electron chi connectivity index (χ3n) is 9.84. The maximum absolute atomic E-state index is 14.5. The first-order valence-corrected chi connectivity index (χ1v) is 19.9. The molecule has 0 radical (unpaired) electrons. The molecular formula is C48H50N4O8. The van der Waals surface area contributed by atoms with E-state index in [1.54, 1.807) is 60.7 Å². The fourth-order valence-electron chi connectivity index (χ4n) is 6.82. The Bertz CT molecular complexity index is 2240. The van der Waals surface area contributed by atoms with Crippen molar-refractivity contribution >= 4 is 29.6 Å². The molecule has 60 heavy (non-hydrogen) atoms. The third-order valence-corrected chi connectivity index (χ3v) is 9.84. The van der Waals surface area contributed by atoms with E-state index in [-0.39, 0.29) is 25.7 Å². The minimum Gasteiger partial charge on any atom is -0.488 e. The van der Waals surface area contributed by atoms with Gasteiger partial charge in [-0.1, -0.05) is 109 Å². The largest absolute Gasteiger partial charge is 0.488 e. The molecule has 2 aliphatic heterocycles. The number of carbonyl (C=O) groups excluding carboxylic acids is 4. The lowest BCUT2D eigenvalue weighted by Crippen LogP contribution is -2.59. The summed E-state index contributed by atoms with van der Waals surface area (Å²) in [4.78, 5) is 68.7. The van der Waals surface area contributed by atoms with Gasteiger partial charge in [-0.15, -0.1) is 0 Å². The van der Waals surface area contributed by atoms with Crippen LogP contribution in [0.3, 0.4) is 0 Å². The fraction of sp³-hybridized carbons (Fsp3) is 0.271. The van der Waals surface area contributed by atoms with Crippen molar-refractivity contribution in [2.45, 2.75) is 76.2 Å². The highest BCUT2D eigenvalue weighted by atomic mass is 16.5. The number of rotatable bonds is 9. The van der Waals surface area contributed by atoms with Gasteiger partial charge in [0.1, 0.15) is 41.3 Å². The number of benzene rings is 5. The lowest BCUT2D eigenvalue weighted by atomic mass is 9.98. The number of aliphatic carboxylic acids is 1. The van der Waals surface area contributed by atoms with Crippen LogP contribution >= 0.6 is 0 Å². The number of carbonyl (C=O) groups is 5. The Labute approximate surface area is 349 Å². The number of fused-ring (bicyclic) bond motifs is 16. The lowest BCUT2D eigenvalue weighted by Gasteiger charge is -2.26. The van der Waals surface area contributed by atoms with Gasteiger partial charge in [0, 0.05) is 25.7 Å². The van der Waals surface area contributed by atoms with E-state index in [0.717, 1.165) is 27.8 Å². The second-order valence-electron chi connectivity index (χ2n) is 15.8. The van der Waals surface area contributed by atoms with Crippen LogP contribution in [0.15, 0.2) is 133 Å². The van der Waals surface area contributed by atoms with E-state index in [1.807, 2.05) is 93.6 Å². The Morgan fingerprint density at radius 3 is 1.60 bits per heavy atom. The smallest absolute Gasteiger partial charge is 0.326 e. The van der Waals surface area contributed by atoms with Gasteiger partial charge in [0.2, 0.25) is 17.7 Å². The normalized spacial score (nSPS) is 19.2. The molecule has 0 aliphatic carbocycles. The maximum atomic E-state index is 14.5. The summed E-state index contributed by atoms with van der Waals surface area (Å²) in [6.45, 7) is 5.39. The number of nitrogens with one attached hydrogen (secondary N) is 4. The second-order valence-corrected chi connectivity index (χ2v) is 15.8. The molecule has 0 saturated heterocycles. The zero-order valence-electron chi connectivity index (χ0n) is 33.9. The van der Waals surface area contributed by atoms with Crippen LogP contribution in [0, 0.1) is 0 Å². The summed E-state index contributed by atoms with van der Waals surface area (Å²) in [6, 6.07) is 35.2. The van der Waals surface area contributed by atoms with Gasteiger partial charge in [0.25, 0.3) is 5.91 Å². The molecule has 7 rings (SSSR count). The molecule has 310 valence electrons.